The van der Waals surface area contributed by atoms with Crippen LogP contribution in [0.15, 0.2) is 4.52 Å². The molecule has 1 saturated heterocycles. The van der Waals surface area contributed by atoms with E-state index < -0.39 is 0 Å². The van der Waals surface area contributed by atoms with Crippen molar-refractivity contribution in [2.75, 3.05) is 19.8 Å². The van der Waals surface area contributed by atoms with Crippen molar-refractivity contribution in [1.29, 1.82) is 0 Å². The number of hydrogen-bond acceptors (Lipinski definition) is 6. The Labute approximate surface area is 130 Å². The van der Waals surface area contributed by atoms with Crippen LogP contribution in [0.2, 0.25) is 0 Å². The predicted octanol–water partition coefficient (Wildman–Crippen LogP) is 0.955. The highest BCUT2D eigenvalue weighted by atomic mass is 35.5. The minimum absolute atomic E-state index is 0. The monoisotopic (exact) mass is 318 g/mol. The van der Waals surface area contributed by atoms with Crippen molar-refractivity contribution in [1.82, 2.24) is 20.8 Å². The van der Waals surface area contributed by atoms with Gasteiger partial charge in [0.05, 0.1) is 13.2 Å². The molecular formula is C13H23ClN4O3. The number of nitrogens with zero attached hydrogens (tertiary/aromatic N) is 2. The fourth-order valence-electron chi connectivity index (χ4n) is 1.83. The van der Waals surface area contributed by atoms with Gasteiger partial charge in [-0.3, -0.25) is 4.79 Å². The third-order valence-electron chi connectivity index (χ3n) is 3.08. The van der Waals surface area contributed by atoms with Crippen LogP contribution in [0, 0.1) is 0 Å². The minimum atomic E-state index is -0.324. The van der Waals surface area contributed by atoms with E-state index in [9.17, 15) is 4.79 Å². The maximum atomic E-state index is 12.0. The molecule has 1 aliphatic rings. The molecule has 1 amide bonds. The average molecular weight is 319 g/mol. The number of ether oxygens (including phenoxy) is 1. The largest absolute Gasteiger partial charge is 0.378 e. The minimum Gasteiger partial charge on any atom is -0.378 e. The van der Waals surface area contributed by atoms with Crippen molar-refractivity contribution in [3.8, 4) is 0 Å². The summed E-state index contributed by atoms with van der Waals surface area (Å²) in [6.45, 7) is 9.55. The molecule has 21 heavy (non-hydrogen) atoms. The normalized spacial score (nSPS) is 20.5. The van der Waals surface area contributed by atoms with Gasteiger partial charge in [0.25, 0.3) is 0 Å². The number of rotatable bonds is 3. The van der Waals surface area contributed by atoms with Crippen LogP contribution in [0.5, 0.6) is 0 Å². The van der Waals surface area contributed by atoms with Gasteiger partial charge in [-0.2, -0.15) is 4.98 Å². The zero-order chi connectivity index (χ0) is 14.8. The summed E-state index contributed by atoms with van der Waals surface area (Å²) in [6.07, 6.45) is 0. The van der Waals surface area contributed by atoms with E-state index in [-0.39, 0.29) is 35.8 Å². The molecule has 2 rings (SSSR count). The van der Waals surface area contributed by atoms with Crippen LogP contribution >= 0.6 is 12.4 Å². The van der Waals surface area contributed by atoms with E-state index in [0.717, 1.165) is 0 Å². The van der Waals surface area contributed by atoms with Gasteiger partial charge < -0.3 is 19.9 Å². The Kier molecular flexibility index (Phi) is 6.12. The number of carbonyl (C=O) groups excluding carboxylic acids is 1. The Hall–Kier alpha value is -1.18. The predicted molar refractivity (Wildman–Crippen MR) is 79.4 cm³/mol. The number of carbonyl (C=O) groups is 1. The third kappa shape index (κ3) is 4.66. The van der Waals surface area contributed by atoms with Crippen molar-refractivity contribution in [3.63, 3.8) is 0 Å². The molecule has 120 valence electrons. The molecule has 1 aromatic heterocycles. The second kappa shape index (κ2) is 7.20. The first-order valence-electron chi connectivity index (χ1n) is 6.83. The molecule has 0 aliphatic carbocycles. The molecule has 0 spiro atoms. The van der Waals surface area contributed by atoms with Gasteiger partial charge in [0.15, 0.2) is 5.82 Å². The van der Waals surface area contributed by atoms with Crippen molar-refractivity contribution in [2.45, 2.75) is 45.2 Å². The van der Waals surface area contributed by atoms with Gasteiger partial charge in [0.1, 0.15) is 12.1 Å². The number of halogens is 1. The number of aromatic nitrogens is 2. The van der Waals surface area contributed by atoms with Crippen molar-refractivity contribution in [3.05, 3.63) is 11.7 Å². The number of nitrogens with one attached hydrogen (secondary N) is 2. The maximum absolute atomic E-state index is 12.0. The van der Waals surface area contributed by atoms with Gasteiger partial charge >= 0.3 is 0 Å². The van der Waals surface area contributed by atoms with Gasteiger partial charge in [0, 0.05) is 12.0 Å². The zero-order valence-electron chi connectivity index (χ0n) is 12.8. The molecule has 1 aliphatic heterocycles. The fraction of sp³-hybridized carbons (Fsp3) is 0.769. The number of amides is 1. The summed E-state index contributed by atoms with van der Waals surface area (Å²) < 4.78 is 10.5. The van der Waals surface area contributed by atoms with E-state index in [4.69, 9.17) is 9.26 Å². The number of hydrogen-bond donors (Lipinski definition) is 2. The first-order chi connectivity index (χ1) is 9.38. The molecule has 1 fully saturated rings. The van der Waals surface area contributed by atoms with E-state index >= 15 is 0 Å². The first-order valence-corrected chi connectivity index (χ1v) is 6.83. The summed E-state index contributed by atoms with van der Waals surface area (Å²) >= 11 is 0. The van der Waals surface area contributed by atoms with Crippen molar-refractivity contribution < 1.29 is 14.1 Å². The smallest absolute Gasteiger partial charge is 0.248 e. The van der Waals surface area contributed by atoms with Crippen LogP contribution in [0.25, 0.3) is 0 Å². The van der Waals surface area contributed by atoms with Crippen molar-refractivity contribution in [2.24, 2.45) is 0 Å². The SMILES string of the molecule is CC(NC(=O)C1COCCN1)c1nc(C(C)(C)C)no1.Cl. The molecule has 7 nitrogen and oxygen atoms in total. The van der Waals surface area contributed by atoms with Gasteiger partial charge in [-0.25, -0.2) is 0 Å². The van der Waals surface area contributed by atoms with Crippen LogP contribution in [-0.4, -0.2) is 41.8 Å². The average Bonchev–Trinajstić information content (AvgIpc) is 2.89. The van der Waals surface area contributed by atoms with E-state index in [1.807, 2.05) is 27.7 Å². The van der Waals surface area contributed by atoms with Crippen LogP contribution in [0.4, 0.5) is 0 Å². The van der Waals surface area contributed by atoms with E-state index in [0.29, 0.717) is 31.5 Å². The summed E-state index contributed by atoms with van der Waals surface area (Å²) in [7, 11) is 0. The Morgan fingerprint density at radius 1 is 1.48 bits per heavy atom. The lowest BCUT2D eigenvalue weighted by Crippen LogP contribution is -2.51. The first kappa shape index (κ1) is 17.9. The Balaban J connectivity index is 0.00000220. The van der Waals surface area contributed by atoms with Gasteiger partial charge in [-0.15, -0.1) is 12.4 Å². The molecule has 2 N–H and O–H groups in total. The standard InChI is InChI=1S/C13H22N4O3.ClH/c1-8(11-16-12(17-20-11)13(2,3)4)15-10(18)9-7-19-6-5-14-9;/h8-9,14H,5-7H2,1-4H3,(H,15,18);1H. The highest BCUT2D eigenvalue weighted by molar-refractivity contribution is 5.85. The molecule has 2 unspecified atom stereocenters. The van der Waals surface area contributed by atoms with E-state index in [2.05, 4.69) is 20.8 Å². The summed E-state index contributed by atoms with van der Waals surface area (Å²) in [5, 5.41) is 9.91. The van der Waals surface area contributed by atoms with Crippen LogP contribution in [0.1, 0.15) is 45.5 Å². The lowest BCUT2D eigenvalue weighted by molar-refractivity contribution is -0.126. The highest BCUT2D eigenvalue weighted by Gasteiger charge is 2.26. The molecular weight excluding hydrogens is 296 g/mol. The van der Waals surface area contributed by atoms with Crippen LogP contribution < -0.4 is 10.6 Å². The lowest BCUT2D eigenvalue weighted by atomic mass is 9.96. The molecule has 0 aromatic carbocycles. The summed E-state index contributed by atoms with van der Waals surface area (Å²) in [4.78, 5) is 16.4. The van der Waals surface area contributed by atoms with E-state index in [1.165, 1.54) is 0 Å². The topological polar surface area (TPSA) is 89.3 Å². The van der Waals surface area contributed by atoms with Gasteiger partial charge in [-0.05, 0) is 6.92 Å². The zero-order valence-corrected chi connectivity index (χ0v) is 13.6. The quantitative estimate of drug-likeness (QED) is 0.862. The summed E-state index contributed by atoms with van der Waals surface area (Å²) in [6, 6.07) is -0.647. The van der Waals surface area contributed by atoms with E-state index in [1.54, 1.807) is 0 Å². The molecule has 0 saturated carbocycles. The third-order valence-corrected chi connectivity index (χ3v) is 3.08. The van der Waals surface area contributed by atoms with Gasteiger partial charge in [-0.1, -0.05) is 25.9 Å². The summed E-state index contributed by atoms with van der Waals surface area (Å²) in [5.74, 6) is 0.931. The molecule has 0 radical (unpaired) electrons. The van der Waals surface area contributed by atoms with Crippen LogP contribution in [0.3, 0.4) is 0 Å². The molecule has 1 aromatic rings. The van der Waals surface area contributed by atoms with Crippen molar-refractivity contribution >= 4 is 18.3 Å². The van der Waals surface area contributed by atoms with Gasteiger partial charge in [0.2, 0.25) is 11.8 Å². The molecule has 2 atom stereocenters. The van der Waals surface area contributed by atoms with Crippen LogP contribution in [-0.2, 0) is 14.9 Å². The maximum Gasteiger partial charge on any atom is 0.248 e. The highest BCUT2D eigenvalue weighted by Crippen LogP contribution is 2.20. The second-order valence-electron chi connectivity index (χ2n) is 6.02. The molecule has 8 heteroatoms. The Bertz CT molecular complexity index is 466. The second-order valence-corrected chi connectivity index (χ2v) is 6.02. The lowest BCUT2D eigenvalue weighted by Gasteiger charge is -2.23. The Morgan fingerprint density at radius 2 is 2.19 bits per heavy atom. The summed E-state index contributed by atoms with van der Waals surface area (Å²) in [5.41, 5.74) is -0.176. The Morgan fingerprint density at radius 3 is 2.71 bits per heavy atom. The number of morpholine rings is 1. The molecule has 0 bridgehead atoms. The molecule has 2 heterocycles. The fourth-order valence-corrected chi connectivity index (χ4v) is 1.83.